The lowest BCUT2D eigenvalue weighted by Crippen LogP contribution is -2.51. The van der Waals surface area contributed by atoms with Crippen LogP contribution in [-0.2, 0) is 16.1 Å². The summed E-state index contributed by atoms with van der Waals surface area (Å²) in [6, 6.07) is 12.3. The van der Waals surface area contributed by atoms with Crippen LogP contribution in [0.25, 0.3) is 0 Å². The van der Waals surface area contributed by atoms with Gasteiger partial charge in [0.2, 0.25) is 0 Å². The van der Waals surface area contributed by atoms with Crippen LogP contribution in [0.4, 0.5) is 4.79 Å². The Kier molecular flexibility index (Phi) is 7.76. The molecule has 34 heavy (non-hydrogen) atoms. The third-order valence-corrected chi connectivity index (χ3v) is 6.06. The maximum absolute atomic E-state index is 13.0. The van der Waals surface area contributed by atoms with Gasteiger partial charge in [-0.15, -0.1) is 0 Å². The van der Waals surface area contributed by atoms with Crippen LogP contribution < -0.4 is 15.4 Å². The van der Waals surface area contributed by atoms with Crippen LogP contribution in [-0.4, -0.2) is 73.2 Å². The lowest BCUT2D eigenvalue weighted by molar-refractivity contribution is -0.139. The van der Waals surface area contributed by atoms with Gasteiger partial charge in [0.1, 0.15) is 5.75 Å². The standard InChI is InChI=1S/C25H31N5O4/c1-3-34-24(31)22-21(27-25(32)28-23(22)18-7-9-20(33-2)10-8-18)17-30-14-12-29(13-15-30)16-19-6-4-5-11-26-19/h4-11,23H,3,12-17H2,1-2H3,(H2,27,28,32). The van der Waals surface area contributed by atoms with Gasteiger partial charge in [0, 0.05) is 51.2 Å². The van der Waals surface area contributed by atoms with Crippen LogP contribution >= 0.6 is 0 Å². The van der Waals surface area contributed by atoms with E-state index in [2.05, 4.69) is 25.4 Å². The number of amides is 2. The van der Waals surface area contributed by atoms with E-state index in [0.717, 1.165) is 44.0 Å². The number of ether oxygens (including phenoxy) is 2. The van der Waals surface area contributed by atoms with Gasteiger partial charge in [0.15, 0.2) is 0 Å². The van der Waals surface area contributed by atoms with Crippen LogP contribution in [0.2, 0.25) is 0 Å². The van der Waals surface area contributed by atoms with Gasteiger partial charge in [0.25, 0.3) is 0 Å². The SMILES string of the molecule is CCOC(=O)C1=C(CN2CCN(Cc3ccccn3)CC2)NC(=O)NC1c1ccc(OC)cc1. The molecule has 1 saturated heterocycles. The first-order valence-corrected chi connectivity index (χ1v) is 11.5. The number of carbonyl (C=O) groups is 2. The minimum absolute atomic E-state index is 0.255. The second-order valence-electron chi connectivity index (χ2n) is 8.29. The Morgan fingerprint density at radius 3 is 2.38 bits per heavy atom. The van der Waals surface area contributed by atoms with E-state index in [1.165, 1.54) is 0 Å². The normalized spacial score (nSPS) is 19.4. The number of pyridine rings is 1. The first kappa shape index (κ1) is 23.7. The highest BCUT2D eigenvalue weighted by Gasteiger charge is 2.34. The molecule has 1 aromatic heterocycles. The number of hydrogen-bond acceptors (Lipinski definition) is 7. The van der Waals surface area contributed by atoms with Crippen LogP contribution in [0.1, 0.15) is 24.2 Å². The van der Waals surface area contributed by atoms with Crippen molar-refractivity contribution in [1.29, 1.82) is 0 Å². The molecule has 0 aliphatic carbocycles. The van der Waals surface area contributed by atoms with Gasteiger partial charge in [-0.25, -0.2) is 9.59 Å². The third-order valence-electron chi connectivity index (χ3n) is 6.06. The number of aromatic nitrogens is 1. The molecule has 2 amide bonds. The number of piperazine rings is 1. The summed E-state index contributed by atoms with van der Waals surface area (Å²) in [4.78, 5) is 34.5. The van der Waals surface area contributed by atoms with Gasteiger partial charge >= 0.3 is 12.0 Å². The van der Waals surface area contributed by atoms with Crippen LogP contribution in [0.15, 0.2) is 59.9 Å². The van der Waals surface area contributed by atoms with E-state index in [4.69, 9.17) is 9.47 Å². The smallest absolute Gasteiger partial charge is 0.338 e. The van der Waals surface area contributed by atoms with E-state index >= 15 is 0 Å². The van der Waals surface area contributed by atoms with Gasteiger partial charge in [-0.1, -0.05) is 18.2 Å². The van der Waals surface area contributed by atoms with E-state index in [1.807, 2.05) is 48.7 Å². The Morgan fingerprint density at radius 2 is 1.76 bits per heavy atom. The van der Waals surface area contributed by atoms with Crippen molar-refractivity contribution >= 4 is 12.0 Å². The molecular formula is C25H31N5O4. The highest BCUT2D eigenvalue weighted by Crippen LogP contribution is 2.29. The molecule has 1 atom stereocenters. The van der Waals surface area contributed by atoms with Crippen LogP contribution in [0, 0.1) is 0 Å². The number of urea groups is 1. The van der Waals surface area contributed by atoms with Gasteiger partial charge in [-0.3, -0.25) is 14.8 Å². The second kappa shape index (κ2) is 11.1. The Bertz CT molecular complexity index is 1020. The molecule has 1 fully saturated rings. The number of methoxy groups -OCH3 is 1. The molecule has 1 aromatic carbocycles. The van der Waals surface area contributed by atoms with Crippen molar-refractivity contribution in [2.75, 3.05) is 46.4 Å². The fourth-order valence-corrected chi connectivity index (χ4v) is 4.29. The molecular weight excluding hydrogens is 434 g/mol. The molecule has 2 aromatic rings. The minimum atomic E-state index is -0.598. The number of hydrogen-bond donors (Lipinski definition) is 2. The number of carbonyl (C=O) groups excluding carboxylic acids is 2. The maximum Gasteiger partial charge on any atom is 0.338 e. The van der Waals surface area contributed by atoms with E-state index < -0.39 is 12.0 Å². The van der Waals surface area contributed by atoms with Gasteiger partial charge in [-0.05, 0) is 36.8 Å². The summed E-state index contributed by atoms with van der Waals surface area (Å²) in [6.07, 6.45) is 1.81. The van der Waals surface area contributed by atoms with Crippen molar-refractivity contribution in [2.24, 2.45) is 0 Å². The summed E-state index contributed by atoms with van der Waals surface area (Å²) in [5.74, 6) is 0.272. The Morgan fingerprint density at radius 1 is 1.06 bits per heavy atom. The Balaban J connectivity index is 1.51. The summed E-state index contributed by atoms with van der Waals surface area (Å²) in [5, 5.41) is 5.74. The zero-order chi connectivity index (χ0) is 23.9. The Labute approximate surface area is 199 Å². The minimum Gasteiger partial charge on any atom is -0.497 e. The zero-order valence-corrected chi connectivity index (χ0v) is 19.6. The molecule has 0 bridgehead atoms. The topological polar surface area (TPSA) is 96.0 Å². The number of esters is 1. The average molecular weight is 466 g/mol. The lowest BCUT2D eigenvalue weighted by Gasteiger charge is -2.37. The van der Waals surface area contributed by atoms with Crippen LogP contribution in [0.3, 0.4) is 0 Å². The van der Waals surface area contributed by atoms with E-state index in [9.17, 15) is 9.59 Å². The number of nitrogens with one attached hydrogen (secondary N) is 2. The second-order valence-corrected chi connectivity index (χ2v) is 8.29. The molecule has 9 heteroatoms. The fraction of sp³-hybridized carbons (Fsp3) is 0.400. The average Bonchev–Trinajstić information content (AvgIpc) is 2.86. The molecule has 0 spiro atoms. The third kappa shape index (κ3) is 5.73. The molecule has 1 unspecified atom stereocenters. The number of nitrogens with zero attached hydrogens (tertiary/aromatic N) is 3. The molecule has 2 aliphatic rings. The fourth-order valence-electron chi connectivity index (χ4n) is 4.29. The molecule has 0 saturated carbocycles. The van der Waals surface area contributed by atoms with Crippen LogP contribution in [0.5, 0.6) is 5.75 Å². The summed E-state index contributed by atoms with van der Waals surface area (Å²) in [5.41, 5.74) is 2.86. The number of benzene rings is 1. The first-order chi connectivity index (χ1) is 16.6. The molecule has 9 nitrogen and oxygen atoms in total. The van der Waals surface area contributed by atoms with E-state index in [-0.39, 0.29) is 12.6 Å². The van der Waals surface area contributed by atoms with Crippen molar-refractivity contribution in [3.63, 3.8) is 0 Å². The monoisotopic (exact) mass is 465 g/mol. The summed E-state index contributed by atoms with van der Waals surface area (Å²) >= 11 is 0. The van der Waals surface area contributed by atoms with E-state index in [1.54, 1.807) is 14.0 Å². The quantitative estimate of drug-likeness (QED) is 0.576. The first-order valence-electron chi connectivity index (χ1n) is 11.5. The summed E-state index contributed by atoms with van der Waals surface area (Å²) < 4.78 is 10.6. The molecule has 3 heterocycles. The van der Waals surface area contributed by atoms with Crippen molar-refractivity contribution in [1.82, 2.24) is 25.4 Å². The highest BCUT2D eigenvalue weighted by atomic mass is 16.5. The molecule has 180 valence electrons. The maximum atomic E-state index is 13.0. The van der Waals surface area contributed by atoms with Crippen molar-refractivity contribution < 1.29 is 19.1 Å². The van der Waals surface area contributed by atoms with Gasteiger partial charge in [0.05, 0.1) is 31.0 Å². The predicted molar refractivity (Wildman–Crippen MR) is 127 cm³/mol. The largest absolute Gasteiger partial charge is 0.497 e. The van der Waals surface area contributed by atoms with Crippen molar-refractivity contribution in [3.05, 3.63) is 71.2 Å². The molecule has 4 rings (SSSR count). The van der Waals surface area contributed by atoms with Gasteiger partial charge in [-0.2, -0.15) is 0 Å². The summed E-state index contributed by atoms with van der Waals surface area (Å²) in [6.45, 7) is 6.71. The highest BCUT2D eigenvalue weighted by molar-refractivity contribution is 5.95. The zero-order valence-electron chi connectivity index (χ0n) is 19.6. The van der Waals surface area contributed by atoms with Crippen molar-refractivity contribution in [2.45, 2.75) is 19.5 Å². The Hall–Kier alpha value is -3.43. The molecule has 2 N–H and O–H groups in total. The van der Waals surface area contributed by atoms with E-state index in [0.29, 0.717) is 23.6 Å². The van der Waals surface area contributed by atoms with Gasteiger partial charge < -0.3 is 20.1 Å². The summed E-state index contributed by atoms with van der Waals surface area (Å²) in [7, 11) is 1.60. The molecule has 0 radical (unpaired) electrons. The lowest BCUT2D eigenvalue weighted by atomic mass is 9.94. The number of rotatable bonds is 8. The predicted octanol–water partition coefficient (Wildman–Crippen LogP) is 2.08. The van der Waals surface area contributed by atoms with Crippen molar-refractivity contribution in [3.8, 4) is 5.75 Å². The molecule has 2 aliphatic heterocycles.